The van der Waals surface area contributed by atoms with Gasteiger partial charge in [0.05, 0.1) is 20.6 Å². The Kier molecular flexibility index (Phi) is 8.42. The minimum Gasteiger partial charge on any atom is -0.493 e. The van der Waals surface area contributed by atoms with Crippen LogP contribution in [0.3, 0.4) is 0 Å². The number of nitrogens with zero attached hydrogens (tertiary/aromatic N) is 2. The summed E-state index contributed by atoms with van der Waals surface area (Å²) in [7, 11) is 3.13. The van der Waals surface area contributed by atoms with E-state index >= 15 is 0 Å². The van der Waals surface area contributed by atoms with Crippen LogP contribution in [0.1, 0.15) is 29.3 Å². The maximum Gasteiger partial charge on any atom is 0.269 e. The number of ether oxygens (including phenoxy) is 2. The molecule has 0 spiro atoms. The van der Waals surface area contributed by atoms with Crippen molar-refractivity contribution in [2.45, 2.75) is 25.8 Å². The number of likely N-dealkylation sites (N-methyl/N-ethyl adjacent to an activating group) is 1. The van der Waals surface area contributed by atoms with Crippen LogP contribution in [0, 0.1) is 0 Å². The Labute approximate surface area is 204 Å². The molecule has 2 aromatic carbocycles. The van der Waals surface area contributed by atoms with Gasteiger partial charge >= 0.3 is 0 Å². The zero-order chi connectivity index (χ0) is 24.7. The van der Waals surface area contributed by atoms with Crippen molar-refractivity contribution in [1.29, 1.82) is 0 Å². The van der Waals surface area contributed by atoms with Crippen molar-refractivity contribution in [2.75, 3.05) is 27.3 Å². The summed E-state index contributed by atoms with van der Waals surface area (Å²) >= 11 is 5.39. The number of hydrogen-bond acceptors (Lipinski definition) is 6. The van der Waals surface area contributed by atoms with Crippen molar-refractivity contribution < 1.29 is 23.9 Å². The average Bonchev–Trinajstić information content (AvgIpc) is 3.07. The second-order valence-electron chi connectivity index (χ2n) is 7.55. The molecule has 34 heavy (non-hydrogen) atoms. The lowest BCUT2D eigenvalue weighted by atomic mass is 10.1. The van der Waals surface area contributed by atoms with E-state index in [1.54, 1.807) is 57.5 Å². The summed E-state index contributed by atoms with van der Waals surface area (Å²) in [6.07, 6.45) is 0.426. The Hall–Kier alpha value is -3.66. The van der Waals surface area contributed by atoms with Crippen LogP contribution in [0.25, 0.3) is 0 Å². The average molecular weight is 485 g/mol. The van der Waals surface area contributed by atoms with E-state index in [0.29, 0.717) is 36.6 Å². The fourth-order valence-electron chi connectivity index (χ4n) is 3.64. The van der Waals surface area contributed by atoms with Crippen molar-refractivity contribution in [2.24, 2.45) is 0 Å². The fraction of sp³-hybridized carbons (Fsp3) is 0.333. The zero-order valence-electron chi connectivity index (χ0n) is 19.4. The minimum atomic E-state index is -0.916. The van der Waals surface area contributed by atoms with Gasteiger partial charge in [0.1, 0.15) is 6.04 Å². The molecule has 1 saturated heterocycles. The Morgan fingerprint density at radius 3 is 2.41 bits per heavy atom. The standard InChI is InChI=1S/C24H28N4O5S/c1-4-27-23(31)18(28(24(27)34)26-22(30)17-8-6-5-7-9-17)15-21(29)25-13-12-16-10-11-19(32-2)20(14-16)33-3/h5-11,14,18H,4,12-13,15H2,1-3H3,(H,25,29)(H,26,30). The van der Waals surface area contributed by atoms with Crippen LogP contribution in [0.15, 0.2) is 48.5 Å². The third-order valence-electron chi connectivity index (χ3n) is 5.44. The van der Waals surface area contributed by atoms with Gasteiger partial charge in [-0.05, 0) is 55.4 Å². The summed E-state index contributed by atoms with van der Waals surface area (Å²) in [5, 5.41) is 4.31. The molecule has 0 aliphatic carbocycles. The number of rotatable bonds is 10. The summed E-state index contributed by atoms with van der Waals surface area (Å²) in [6, 6.07) is 13.2. The number of benzene rings is 2. The van der Waals surface area contributed by atoms with E-state index in [2.05, 4.69) is 10.7 Å². The van der Waals surface area contributed by atoms with E-state index in [1.807, 2.05) is 12.1 Å². The number of thiocarbonyl (C=S) groups is 1. The molecule has 2 N–H and O–H groups in total. The number of hydrogen-bond donors (Lipinski definition) is 2. The highest BCUT2D eigenvalue weighted by Gasteiger charge is 2.43. The van der Waals surface area contributed by atoms with E-state index in [4.69, 9.17) is 21.7 Å². The van der Waals surface area contributed by atoms with Crippen LogP contribution in [0.2, 0.25) is 0 Å². The maximum atomic E-state index is 12.9. The predicted octanol–water partition coefficient (Wildman–Crippen LogP) is 1.92. The van der Waals surface area contributed by atoms with Gasteiger partial charge in [0, 0.05) is 18.7 Å². The van der Waals surface area contributed by atoms with Crippen LogP contribution < -0.4 is 20.2 Å². The van der Waals surface area contributed by atoms with Crippen molar-refractivity contribution in [3.63, 3.8) is 0 Å². The van der Waals surface area contributed by atoms with Crippen LogP contribution >= 0.6 is 12.2 Å². The first kappa shape index (κ1) is 25.0. The van der Waals surface area contributed by atoms with Gasteiger partial charge in [-0.1, -0.05) is 24.3 Å². The van der Waals surface area contributed by atoms with E-state index in [-0.39, 0.29) is 23.3 Å². The molecule has 9 nitrogen and oxygen atoms in total. The molecule has 1 unspecified atom stereocenters. The lowest BCUT2D eigenvalue weighted by Gasteiger charge is -2.24. The highest BCUT2D eigenvalue weighted by molar-refractivity contribution is 7.80. The summed E-state index contributed by atoms with van der Waals surface area (Å²) in [6.45, 7) is 2.49. The first-order valence-corrected chi connectivity index (χ1v) is 11.3. The van der Waals surface area contributed by atoms with Crippen LogP contribution in [-0.2, 0) is 16.0 Å². The van der Waals surface area contributed by atoms with Crippen molar-refractivity contribution in [3.05, 3.63) is 59.7 Å². The fourth-order valence-corrected chi connectivity index (χ4v) is 4.03. The topological polar surface area (TPSA) is 100 Å². The van der Waals surface area contributed by atoms with Gasteiger partial charge < -0.3 is 14.8 Å². The van der Waals surface area contributed by atoms with Crippen molar-refractivity contribution in [1.82, 2.24) is 20.7 Å². The summed E-state index contributed by atoms with van der Waals surface area (Å²) in [4.78, 5) is 39.6. The Bertz CT molecular complexity index is 1060. The molecule has 0 aromatic heterocycles. The van der Waals surface area contributed by atoms with E-state index < -0.39 is 11.9 Å². The first-order valence-electron chi connectivity index (χ1n) is 10.9. The molecule has 1 heterocycles. The molecule has 1 fully saturated rings. The number of hydrazine groups is 1. The van der Waals surface area contributed by atoms with E-state index in [9.17, 15) is 14.4 Å². The number of amides is 3. The molecule has 1 aliphatic rings. The maximum absolute atomic E-state index is 12.9. The lowest BCUT2D eigenvalue weighted by Crippen LogP contribution is -2.50. The number of carbonyl (C=O) groups excluding carboxylic acids is 3. The molecule has 1 atom stereocenters. The molecule has 1 aliphatic heterocycles. The molecular weight excluding hydrogens is 456 g/mol. The second-order valence-corrected chi connectivity index (χ2v) is 7.92. The molecule has 0 bridgehead atoms. The summed E-state index contributed by atoms with van der Waals surface area (Å²) < 4.78 is 10.5. The van der Waals surface area contributed by atoms with Gasteiger partial charge in [-0.2, -0.15) is 0 Å². The van der Waals surface area contributed by atoms with E-state index in [1.165, 1.54) is 9.91 Å². The second kappa shape index (κ2) is 11.5. The third kappa shape index (κ3) is 5.63. The Morgan fingerprint density at radius 1 is 1.06 bits per heavy atom. The van der Waals surface area contributed by atoms with Crippen molar-refractivity contribution >= 4 is 35.1 Å². The molecule has 0 saturated carbocycles. The quantitative estimate of drug-likeness (QED) is 0.497. The molecule has 2 aromatic rings. The van der Waals surface area contributed by atoms with Gasteiger partial charge in [-0.15, -0.1) is 0 Å². The van der Waals surface area contributed by atoms with Gasteiger partial charge in [0.25, 0.3) is 11.8 Å². The first-order chi connectivity index (χ1) is 16.4. The predicted molar refractivity (Wildman–Crippen MR) is 130 cm³/mol. The Balaban J connectivity index is 1.62. The van der Waals surface area contributed by atoms with Gasteiger partial charge in [0.15, 0.2) is 16.6 Å². The van der Waals surface area contributed by atoms with Crippen LogP contribution in [0.4, 0.5) is 0 Å². The van der Waals surface area contributed by atoms with Gasteiger partial charge in [0.2, 0.25) is 5.91 Å². The number of carbonyl (C=O) groups is 3. The molecule has 3 amide bonds. The molecule has 0 radical (unpaired) electrons. The highest BCUT2D eigenvalue weighted by Crippen LogP contribution is 2.27. The SMILES string of the molecule is CCN1C(=O)C(CC(=O)NCCc2ccc(OC)c(OC)c2)N(NC(=O)c2ccccc2)C1=S. The lowest BCUT2D eigenvalue weighted by molar-refractivity contribution is -0.132. The number of nitrogens with one attached hydrogen (secondary N) is 2. The van der Waals surface area contributed by atoms with E-state index in [0.717, 1.165) is 5.56 Å². The van der Waals surface area contributed by atoms with Gasteiger partial charge in [-0.3, -0.25) is 24.7 Å². The third-order valence-corrected chi connectivity index (χ3v) is 5.85. The normalized spacial score (nSPS) is 15.3. The highest BCUT2D eigenvalue weighted by atomic mass is 32.1. The smallest absolute Gasteiger partial charge is 0.269 e. The monoisotopic (exact) mass is 484 g/mol. The molecular formula is C24H28N4O5S. The van der Waals surface area contributed by atoms with Crippen LogP contribution in [-0.4, -0.2) is 66.1 Å². The minimum absolute atomic E-state index is 0.142. The van der Waals surface area contributed by atoms with Crippen LogP contribution in [0.5, 0.6) is 11.5 Å². The summed E-state index contributed by atoms with van der Waals surface area (Å²) in [5.41, 5.74) is 4.07. The molecule has 3 rings (SSSR count). The van der Waals surface area contributed by atoms with Gasteiger partial charge in [-0.25, -0.2) is 5.01 Å². The largest absolute Gasteiger partial charge is 0.493 e. The number of methoxy groups -OCH3 is 2. The van der Waals surface area contributed by atoms with Crippen molar-refractivity contribution in [3.8, 4) is 11.5 Å². The summed E-state index contributed by atoms with van der Waals surface area (Å²) in [5.74, 6) is 0.187. The Morgan fingerprint density at radius 2 is 1.76 bits per heavy atom. The zero-order valence-corrected chi connectivity index (χ0v) is 20.2. The molecule has 10 heteroatoms. The molecule has 180 valence electrons.